The standard InChI is InChI=1S/2C9H12N.2C4H8O.2ClH.Hf/c2*1-7-5-4-6-9(10-3)8(7)2;2*1-2-4-5-3-1;;;/h2*4-6H,1-3H3;2*1-4H2;2*1H;/q2*-1;;;;;+4/p-2. The fourth-order valence-electron chi connectivity index (χ4n) is 2.98. The third kappa shape index (κ3) is 15.8. The molecule has 2 aliphatic heterocycles. The molecule has 0 unspecified atom stereocenters. The van der Waals surface area contributed by atoms with E-state index in [1.54, 1.807) is 0 Å². The van der Waals surface area contributed by atoms with Crippen molar-refractivity contribution in [2.45, 2.75) is 53.4 Å². The molecule has 0 radical (unpaired) electrons. The van der Waals surface area contributed by atoms with Crippen LogP contribution < -0.4 is 24.8 Å². The molecule has 0 amide bonds. The van der Waals surface area contributed by atoms with E-state index in [-0.39, 0.29) is 50.7 Å². The molecular weight excluding hydrogens is 622 g/mol. The first-order valence-electron chi connectivity index (χ1n) is 11.0. The number of rotatable bonds is 2. The number of ether oxygens (including phenoxy) is 2. The summed E-state index contributed by atoms with van der Waals surface area (Å²) in [5.74, 6) is 0. The Morgan fingerprint density at radius 1 is 0.576 bits per heavy atom. The van der Waals surface area contributed by atoms with E-state index in [0.29, 0.717) is 0 Å². The van der Waals surface area contributed by atoms with Gasteiger partial charge in [-0.3, -0.25) is 0 Å². The summed E-state index contributed by atoms with van der Waals surface area (Å²) in [6, 6.07) is 12.3. The van der Waals surface area contributed by atoms with Crippen molar-refractivity contribution in [3.05, 3.63) is 69.3 Å². The fraction of sp³-hybridized carbons (Fsp3) is 0.538. The SMILES string of the molecule is C1CCOC1.C1CCOC1.C[N-]c1cccc(C)c1C.C[N-]c1cccc(C)c1C.[Cl-].[Cl-].[Hf+4]. The minimum absolute atomic E-state index is 0. The average molecular weight is 662 g/mol. The molecule has 2 fully saturated rings. The van der Waals surface area contributed by atoms with E-state index in [9.17, 15) is 0 Å². The summed E-state index contributed by atoms with van der Waals surface area (Å²) in [5.41, 5.74) is 7.38. The van der Waals surface area contributed by atoms with E-state index in [4.69, 9.17) is 9.47 Å². The van der Waals surface area contributed by atoms with E-state index in [1.165, 1.54) is 47.9 Å². The van der Waals surface area contributed by atoms with Gasteiger partial charge in [-0.25, -0.2) is 0 Å². The number of hydrogen-bond donors (Lipinski definition) is 0. The maximum absolute atomic E-state index is 4.94. The largest absolute Gasteiger partial charge is 4.00 e. The first-order chi connectivity index (χ1) is 14.5. The molecule has 7 heteroatoms. The van der Waals surface area contributed by atoms with Gasteiger partial charge in [0.1, 0.15) is 0 Å². The van der Waals surface area contributed by atoms with Gasteiger partial charge in [0.15, 0.2) is 0 Å². The van der Waals surface area contributed by atoms with Crippen LogP contribution in [-0.4, -0.2) is 40.5 Å². The molecule has 0 spiro atoms. The van der Waals surface area contributed by atoms with Crippen LogP contribution in [0.1, 0.15) is 47.9 Å². The molecule has 2 aromatic rings. The van der Waals surface area contributed by atoms with Crippen molar-refractivity contribution in [1.82, 2.24) is 0 Å². The Hall–Kier alpha value is -0.590. The zero-order valence-electron chi connectivity index (χ0n) is 21.1. The number of hydrogen-bond acceptors (Lipinski definition) is 2. The summed E-state index contributed by atoms with van der Waals surface area (Å²) >= 11 is 0. The van der Waals surface area contributed by atoms with Gasteiger partial charge >= 0.3 is 25.8 Å². The molecule has 4 nitrogen and oxygen atoms in total. The van der Waals surface area contributed by atoms with E-state index in [1.807, 2.05) is 38.4 Å². The van der Waals surface area contributed by atoms with Gasteiger partial charge in [0, 0.05) is 26.4 Å². The smallest absolute Gasteiger partial charge is 1.00 e. The predicted molar refractivity (Wildman–Crippen MR) is 130 cm³/mol. The fourth-order valence-corrected chi connectivity index (χ4v) is 2.98. The second kappa shape index (κ2) is 23.2. The minimum atomic E-state index is 0. The number of benzene rings is 2. The van der Waals surface area contributed by atoms with Crippen LogP contribution in [0.15, 0.2) is 36.4 Å². The molecule has 0 N–H and O–H groups in total. The molecule has 2 aromatic carbocycles. The predicted octanol–water partition coefficient (Wildman–Crippen LogP) is 1.48. The van der Waals surface area contributed by atoms with Gasteiger partial charge in [-0.2, -0.15) is 0 Å². The monoisotopic (exact) mass is 662 g/mol. The van der Waals surface area contributed by atoms with Gasteiger partial charge in [0.2, 0.25) is 0 Å². The molecule has 184 valence electrons. The summed E-state index contributed by atoms with van der Waals surface area (Å²) < 4.78 is 9.89. The molecule has 2 heterocycles. The maximum Gasteiger partial charge on any atom is 4.00 e. The van der Waals surface area contributed by atoms with Gasteiger partial charge < -0.3 is 44.9 Å². The third-order valence-electron chi connectivity index (χ3n) is 5.29. The van der Waals surface area contributed by atoms with Crippen molar-refractivity contribution < 1.29 is 60.1 Å². The zero-order valence-corrected chi connectivity index (χ0v) is 26.2. The van der Waals surface area contributed by atoms with Crippen LogP contribution in [0.4, 0.5) is 11.4 Å². The van der Waals surface area contributed by atoms with E-state index >= 15 is 0 Å². The topological polar surface area (TPSA) is 46.7 Å². The maximum atomic E-state index is 4.94. The van der Waals surface area contributed by atoms with Crippen molar-refractivity contribution in [3.8, 4) is 0 Å². The van der Waals surface area contributed by atoms with Crippen LogP contribution in [0.5, 0.6) is 0 Å². The Morgan fingerprint density at radius 3 is 1.06 bits per heavy atom. The second-order valence-corrected chi connectivity index (χ2v) is 7.52. The minimum Gasteiger partial charge on any atom is -1.00 e. The molecule has 0 atom stereocenters. The van der Waals surface area contributed by atoms with Gasteiger partial charge in [0.25, 0.3) is 0 Å². The first-order valence-corrected chi connectivity index (χ1v) is 11.0. The van der Waals surface area contributed by atoms with Crippen LogP contribution in [0, 0.1) is 27.7 Å². The van der Waals surface area contributed by atoms with Gasteiger partial charge in [-0.1, -0.05) is 47.5 Å². The zero-order chi connectivity index (χ0) is 22.2. The average Bonchev–Trinajstić information content (AvgIpc) is 3.52. The van der Waals surface area contributed by atoms with Gasteiger partial charge in [0.05, 0.1) is 0 Å². The number of nitrogens with zero attached hydrogens (tertiary/aromatic N) is 2. The molecule has 0 aromatic heterocycles. The summed E-state index contributed by atoms with van der Waals surface area (Å²) in [6.45, 7) is 12.4. The third-order valence-corrected chi connectivity index (χ3v) is 5.29. The van der Waals surface area contributed by atoms with E-state index in [0.717, 1.165) is 37.8 Å². The normalized spacial score (nSPS) is 13.0. The summed E-state index contributed by atoms with van der Waals surface area (Å²) in [7, 11) is 3.64. The number of aryl methyl sites for hydroxylation is 2. The van der Waals surface area contributed by atoms with Crippen LogP contribution in [-0.2, 0) is 35.3 Å². The molecular formula is C26H40Cl2HfN2O2. The number of halogens is 2. The Balaban J connectivity index is -0.000000368. The van der Waals surface area contributed by atoms with Crippen molar-refractivity contribution >= 4 is 11.4 Å². The van der Waals surface area contributed by atoms with Gasteiger partial charge in [-0.05, 0) is 64.5 Å². The van der Waals surface area contributed by atoms with Crippen molar-refractivity contribution in [2.24, 2.45) is 0 Å². The summed E-state index contributed by atoms with van der Waals surface area (Å²) in [6.07, 6.45) is 5.11. The molecule has 0 bridgehead atoms. The molecule has 33 heavy (non-hydrogen) atoms. The van der Waals surface area contributed by atoms with Crippen molar-refractivity contribution in [1.29, 1.82) is 0 Å². The molecule has 2 aliphatic rings. The van der Waals surface area contributed by atoms with E-state index in [2.05, 4.69) is 50.5 Å². The molecule has 0 saturated carbocycles. The molecule has 2 saturated heterocycles. The summed E-state index contributed by atoms with van der Waals surface area (Å²) in [4.78, 5) is 0. The van der Waals surface area contributed by atoms with Crippen LogP contribution in [0.3, 0.4) is 0 Å². The Bertz CT molecular complexity index is 649. The molecule has 4 rings (SSSR count). The summed E-state index contributed by atoms with van der Waals surface area (Å²) in [5, 5.41) is 8.26. The quantitative estimate of drug-likeness (QED) is 0.459. The van der Waals surface area contributed by atoms with Crippen LogP contribution >= 0.6 is 0 Å². The Morgan fingerprint density at radius 2 is 0.879 bits per heavy atom. The van der Waals surface area contributed by atoms with E-state index < -0.39 is 0 Å². The second-order valence-electron chi connectivity index (χ2n) is 7.52. The Kier molecular flexibility index (Phi) is 26.0. The van der Waals surface area contributed by atoms with Gasteiger partial charge in [-0.15, -0.1) is 25.5 Å². The Labute approximate surface area is 233 Å². The van der Waals surface area contributed by atoms with Crippen LogP contribution in [0.25, 0.3) is 10.6 Å². The van der Waals surface area contributed by atoms with Crippen molar-refractivity contribution in [2.75, 3.05) is 40.5 Å². The molecule has 0 aliphatic carbocycles. The van der Waals surface area contributed by atoms with Crippen LogP contribution in [0.2, 0.25) is 0 Å². The van der Waals surface area contributed by atoms with Crippen molar-refractivity contribution in [3.63, 3.8) is 0 Å². The first kappa shape index (κ1) is 37.0.